The third-order valence-electron chi connectivity index (χ3n) is 4.49. The maximum Gasteiger partial charge on any atom is 0.332 e. The number of hydrogen-bond acceptors (Lipinski definition) is 3. The average Bonchev–Trinajstić information content (AvgIpc) is 2.57. The van der Waals surface area contributed by atoms with E-state index in [4.69, 9.17) is 0 Å². The number of fused-ring (bicyclic) bond motifs is 1. The lowest BCUT2D eigenvalue weighted by Gasteiger charge is -2.27. The molecule has 3 rings (SSSR count). The number of aryl methyl sites for hydroxylation is 1. The second-order valence-electron chi connectivity index (χ2n) is 5.87. The average molecular weight is 313 g/mol. The maximum absolute atomic E-state index is 12.6. The standard InChI is InChI=1S/C17H19N3O3/c1-4-10-5-7-11(8-6-10)12-9-13(21)18-15-14(12)16(22)20(3)17(23)19(15)2/h5-8,12H,4,9H2,1-3H3,(H,18,21). The van der Waals surface area contributed by atoms with Crippen LogP contribution in [0.2, 0.25) is 0 Å². The lowest BCUT2D eigenvalue weighted by Crippen LogP contribution is -2.44. The van der Waals surface area contributed by atoms with Gasteiger partial charge in [0.15, 0.2) is 0 Å². The van der Waals surface area contributed by atoms with Crippen molar-refractivity contribution in [2.45, 2.75) is 25.7 Å². The summed E-state index contributed by atoms with van der Waals surface area (Å²) in [5.74, 6) is -0.223. The second-order valence-corrected chi connectivity index (χ2v) is 5.87. The molecule has 23 heavy (non-hydrogen) atoms. The lowest BCUT2D eigenvalue weighted by molar-refractivity contribution is -0.116. The predicted octanol–water partition coefficient (Wildman–Crippen LogP) is 1.12. The van der Waals surface area contributed by atoms with Gasteiger partial charge in [0.2, 0.25) is 5.91 Å². The van der Waals surface area contributed by atoms with Gasteiger partial charge in [-0.2, -0.15) is 0 Å². The third kappa shape index (κ3) is 2.40. The highest BCUT2D eigenvalue weighted by atomic mass is 16.2. The lowest BCUT2D eigenvalue weighted by atomic mass is 9.86. The van der Waals surface area contributed by atoms with Crippen molar-refractivity contribution in [3.05, 3.63) is 61.8 Å². The summed E-state index contributed by atoms with van der Waals surface area (Å²) in [6, 6.07) is 7.93. The van der Waals surface area contributed by atoms with Crippen molar-refractivity contribution >= 4 is 11.7 Å². The van der Waals surface area contributed by atoms with Gasteiger partial charge < -0.3 is 5.32 Å². The number of aromatic nitrogens is 2. The number of nitrogens with zero attached hydrogens (tertiary/aromatic N) is 2. The molecule has 0 saturated heterocycles. The number of hydrogen-bond donors (Lipinski definition) is 1. The molecule has 1 aliphatic heterocycles. The van der Waals surface area contributed by atoms with Crippen LogP contribution in [0.3, 0.4) is 0 Å². The van der Waals surface area contributed by atoms with Crippen molar-refractivity contribution in [2.24, 2.45) is 14.1 Å². The number of carbonyl (C=O) groups excluding carboxylic acids is 1. The van der Waals surface area contributed by atoms with Gasteiger partial charge >= 0.3 is 5.69 Å². The fourth-order valence-corrected chi connectivity index (χ4v) is 3.08. The summed E-state index contributed by atoms with van der Waals surface area (Å²) in [5.41, 5.74) is 1.78. The fourth-order valence-electron chi connectivity index (χ4n) is 3.08. The zero-order valence-electron chi connectivity index (χ0n) is 13.4. The van der Waals surface area contributed by atoms with Crippen molar-refractivity contribution in [3.8, 4) is 0 Å². The van der Waals surface area contributed by atoms with E-state index in [9.17, 15) is 14.4 Å². The molecule has 1 atom stereocenters. The molecule has 1 aromatic carbocycles. The van der Waals surface area contributed by atoms with Crippen molar-refractivity contribution in [2.75, 3.05) is 5.32 Å². The summed E-state index contributed by atoms with van der Waals surface area (Å²) in [4.78, 5) is 36.7. The number of amides is 1. The molecule has 2 aromatic rings. The van der Waals surface area contributed by atoms with Crippen LogP contribution in [0.25, 0.3) is 0 Å². The van der Waals surface area contributed by atoms with E-state index >= 15 is 0 Å². The molecular weight excluding hydrogens is 294 g/mol. The molecule has 0 radical (unpaired) electrons. The Balaban J connectivity index is 2.24. The van der Waals surface area contributed by atoms with Gasteiger partial charge in [0.05, 0.1) is 5.56 Å². The van der Waals surface area contributed by atoms with Crippen molar-refractivity contribution in [3.63, 3.8) is 0 Å². The van der Waals surface area contributed by atoms with E-state index in [1.54, 1.807) is 7.05 Å². The molecule has 1 unspecified atom stereocenters. The van der Waals surface area contributed by atoms with Crippen LogP contribution < -0.4 is 16.6 Å². The monoisotopic (exact) mass is 313 g/mol. The number of carbonyl (C=O) groups is 1. The highest BCUT2D eigenvalue weighted by Gasteiger charge is 2.32. The summed E-state index contributed by atoms with van der Waals surface area (Å²) in [6.45, 7) is 2.07. The summed E-state index contributed by atoms with van der Waals surface area (Å²) in [6.07, 6.45) is 1.13. The predicted molar refractivity (Wildman–Crippen MR) is 87.8 cm³/mol. The van der Waals surface area contributed by atoms with E-state index in [0.717, 1.165) is 16.6 Å². The van der Waals surface area contributed by atoms with Crippen LogP contribution in [0, 0.1) is 0 Å². The third-order valence-corrected chi connectivity index (χ3v) is 4.49. The first-order valence-electron chi connectivity index (χ1n) is 7.62. The van der Waals surface area contributed by atoms with Crippen LogP contribution in [-0.2, 0) is 25.3 Å². The normalized spacial score (nSPS) is 16.8. The first-order valence-corrected chi connectivity index (χ1v) is 7.62. The summed E-state index contributed by atoms with van der Waals surface area (Å²) in [5, 5.41) is 2.67. The Bertz CT molecular complexity index is 891. The number of nitrogens with one attached hydrogen (secondary N) is 1. The highest BCUT2D eigenvalue weighted by Crippen LogP contribution is 2.34. The minimum absolute atomic E-state index is 0.190. The van der Waals surface area contributed by atoms with Crippen LogP contribution in [0.4, 0.5) is 5.82 Å². The molecule has 0 fully saturated rings. The van der Waals surface area contributed by atoms with Crippen LogP contribution in [0.5, 0.6) is 0 Å². The van der Waals surface area contributed by atoms with Gasteiger partial charge in [0, 0.05) is 26.4 Å². The molecule has 6 nitrogen and oxygen atoms in total. The SMILES string of the molecule is CCc1ccc(C2CC(=O)Nc3c2c(=O)n(C)c(=O)n3C)cc1. The molecule has 6 heteroatoms. The molecular formula is C17H19N3O3. The zero-order chi connectivity index (χ0) is 16.7. The number of benzene rings is 1. The second kappa shape index (κ2) is 5.53. The van der Waals surface area contributed by atoms with Crippen LogP contribution in [-0.4, -0.2) is 15.0 Å². The Morgan fingerprint density at radius 1 is 1.09 bits per heavy atom. The molecule has 0 bridgehead atoms. The molecule has 1 aliphatic rings. The Labute approximate surface area is 133 Å². The minimum atomic E-state index is -0.448. The van der Waals surface area contributed by atoms with Gasteiger partial charge in [-0.25, -0.2) is 4.79 Å². The van der Waals surface area contributed by atoms with E-state index in [1.807, 2.05) is 24.3 Å². The van der Waals surface area contributed by atoms with Crippen molar-refractivity contribution in [1.29, 1.82) is 0 Å². The minimum Gasteiger partial charge on any atom is -0.312 e. The maximum atomic E-state index is 12.6. The van der Waals surface area contributed by atoms with Crippen LogP contribution >= 0.6 is 0 Å². The molecule has 120 valence electrons. The van der Waals surface area contributed by atoms with E-state index in [2.05, 4.69) is 12.2 Å². The fraction of sp³-hybridized carbons (Fsp3) is 0.353. The summed E-state index contributed by atoms with van der Waals surface area (Å²) in [7, 11) is 3.02. The molecule has 1 N–H and O–H groups in total. The highest BCUT2D eigenvalue weighted by molar-refractivity contribution is 5.94. The number of anilines is 1. The van der Waals surface area contributed by atoms with Crippen molar-refractivity contribution < 1.29 is 4.79 Å². The quantitative estimate of drug-likeness (QED) is 0.903. The molecule has 1 aromatic heterocycles. The topological polar surface area (TPSA) is 73.1 Å². The Morgan fingerprint density at radius 2 is 1.74 bits per heavy atom. The number of rotatable bonds is 2. The molecule has 0 spiro atoms. The Morgan fingerprint density at radius 3 is 2.35 bits per heavy atom. The van der Waals surface area contributed by atoms with Gasteiger partial charge in [-0.05, 0) is 17.5 Å². The van der Waals surface area contributed by atoms with Gasteiger partial charge in [-0.3, -0.25) is 18.7 Å². The van der Waals surface area contributed by atoms with E-state index in [-0.39, 0.29) is 23.8 Å². The van der Waals surface area contributed by atoms with E-state index in [1.165, 1.54) is 17.2 Å². The van der Waals surface area contributed by atoms with Crippen LogP contribution in [0.1, 0.15) is 36.0 Å². The summed E-state index contributed by atoms with van der Waals surface area (Å²) >= 11 is 0. The molecule has 1 amide bonds. The smallest absolute Gasteiger partial charge is 0.312 e. The van der Waals surface area contributed by atoms with Gasteiger partial charge in [0.1, 0.15) is 5.82 Å². The van der Waals surface area contributed by atoms with E-state index < -0.39 is 5.69 Å². The van der Waals surface area contributed by atoms with E-state index in [0.29, 0.717) is 11.4 Å². The molecule has 0 saturated carbocycles. The first-order chi connectivity index (χ1) is 10.9. The van der Waals surface area contributed by atoms with Crippen LogP contribution in [0.15, 0.2) is 33.9 Å². The molecule has 2 heterocycles. The summed E-state index contributed by atoms with van der Waals surface area (Å²) < 4.78 is 2.41. The largest absolute Gasteiger partial charge is 0.332 e. The van der Waals surface area contributed by atoms with Gasteiger partial charge in [0.25, 0.3) is 5.56 Å². The van der Waals surface area contributed by atoms with Gasteiger partial charge in [-0.15, -0.1) is 0 Å². The van der Waals surface area contributed by atoms with Gasteiger partial charge in [-0.1, -0.05) is 31.2 Å². The zero-order valence-corrected chi connectivity index (χ0v) is 13.4. The molecule has 0 aliphatic carbocycles. The first kappa shape index (κ1) is 15.3. The van der Waals surface area contributed by atoms with Crippen molar-refractivity contribution in [1.82, 2.24) is 9.13 Å². The Kier molecular flexibility index (Phi) is 3.67. The Hall–Kier alpha value is -2.63.